The summed E-state index contributed by atoms with van der Waals surface area (Å²) in [5.41, 5.74) is -1.58. The summed E-state index contributed by atoms with van der Waals surface area (Å²) in [7, 11) is -10.0. The molecule has 17 heteroatoms. The summed E-state index contributed by atoms with van der Waals surface area (Å²) in [6, 6.07) is 7.21. The van der Waals surface area contributed by atoms with Crippen molar-refractivity contribution in [1.29, 1.82) is 0 Å². The third-order valence-corrected chi connectivity index (χ3v) is 19.8. The summed E-state index contributed by atoms with van der Waals surface area (Å²) in [6.45, 7) is 9.40. The molecule has 14 nitrogen and oxygen atoms in total. The number of allylic oxidation sites excluding steroid dienone is 8. The number of hydrogen-bond donors (Lipinski definition) is 0. The van der Waals surface area contributed by atoms with Crippen LogP contribution in [0.4, 0.5) is 0 Å². The molecule has 0 aliphatic rings. The van der Waals surface area contributed by atoms with Crippen LogP contribution in [0.25, 0.3) is 0 Å². The molecule has 0 atom stereocenters. The van der Waals surface area contributed by atoms with Gasteiger partial charge >= 0.3 is 61.6 Å². The molecule has 0 saturated carbocycles. The van der Waals surface area contributed by atoms with Crippen LogP contribution in [0, 0.1) is 0 Å². The molecule has 0 spiro atoms. The van der Waals surface area contributed by atoms with E-state index in [2.05, 4.69) is 76.3 Å². The summed E-state index contributed by atoms with van der Waals surface area (Å²) in [5.74, 6) is -3.65. The molecule has 572 valence electrons. The largest absolute Gasteiger partial charge is 2.00 e. The maximum absolute atomic E-state index is 13.0. The van der Waals surface area contributed by atoms with E-state index in [-0.39, 0.29) is 75.3 Å². The Labute approximate surface area is 645 Å². The number of carbonyl (C=O) groups excluding carboxylic acids is 4. The van der Waals surface area contributed by atoms with E-state index in [1.54, 1.807) is 0 Å². The Morgan fingerprint density at radius 1 is 0.277 bits per heavy atom. The van der Waals surface area contributed by atoms with Crippen molar-refractivity contribution in [3.8, 4) is 0 Å². The molecule has 0 amide bonds. The normalized spacial score (nSPS) is 11.8. The predicted octanol–water partition coefficient (Wildman–Crippen LogP) is 24.0. The van der Waals surface area contributed by atoms with Gasteiger partial charge in [-0.05, 0) is 153 Å². The van der Waals surface area contributed by atoms with Crippen molar-refractivity contribution in [2.24, 2.45) is 0 Å². The van der Waals surface area contributed by atoms with Gasteiger partial charge in [0.1, 0.15) is 20.2 Å². The van der Waals surface area contributed by atoms with Gasteiger partial charge in [-0.15, -0.1) is 0 Å². The summed E-state index contributed by atoms with van der Waals surface area (Å²) >= 11 is 0. The molecule has 0 unspecified atom stereocenters. The molecule has 0 saturated heterocycles. The minimum atomic E-state index is -5.01. The third kappa shape index (κ3) is 55.5. The Bertz CT molecular complexity index is 2540. The predicted molar refractivity (Wildman–Crippen MR) is 415 cm³/mol. The van der Waals surface area contributed by atoms with Crippen LogP contribution in [0.5, 0.6) is 0 Å². The smallest absolute Gasteiger partial charge is 0.744 e. The zero-order chi connectivity index (χ0) is 73.1. The van der Waals surface area contributed by atoms with Crippen LogP contribution in [0.15, 0.2) is 94.8 Å². The van der Waals surface area contributed by atoms with Crippen LogP contribution >= 0.6 is 0 Å². The number of carbonyl (C=O) groups is 4. The van der Waals surface area contributed by atoms with Crippen molar-refractivity contribution in [1.82, 2.24) is 0 Å². The van der Waals surface area contributed by atoms with E-state index >= 15 is 0 Å². The van der Waals surface area contributed by atoms with Gasteiger partial charge in [-0.25, -0.2) is 36.0 Å². The molecule has 0 aromatic heterocycles. The van der Waals surface area contributed by atoms with Crippen molar-refractivity contribution < 1.29 is 64.1 Å². The van der Waals surface area contributed by atoms with E-state index in [1.807, 2.05) is 0 Å². The number of unbranched alkanes of at least 4 members (excludes halogenated alkanes) is 44. The fraction of sp³-hybridized carbons (Fsp3) is 0.714. The SMILES string of the molecule is CCCCCC/C=C/CCCCCCCCCOC(=O)c1cccc(S(=O)(=O)[O-])c1C(=O)OCCCCCCCCC/C=C/CCCCCC.CCCCCC/C=C/CCCCCCCCCOC(=O)c1cccc(S(=O)(=O)[O-])c1C(=O)OCCCCCCCCC/C=C/CCCCCC.[Ca+2]. The first-order valence-corrected chi connectivity index (χ1v) is 42.9. The molecular formula is C84H138CaO14S2. The summed E-state index contributed by atoms with van der Waals surface area (Å²) in [5, 5.41) is 0. The second-order valence-electron chi connectivity index (χ2n) is 27.1. The zero-order valence-corrected chi connectivity index (χ0v) is 67.8. The standard InChI is InChI=1S/2C42H70O7S.Ca/c2*1-3-5-7-9-11-13-15-17-19-21-23-25-27-29-31-36-48-41(43)38-34-33-35-39(50(45,46)47)40(38)42(44)49-37-32-30-28-26-24-22-20-18-16-14-12-10-8-6-4-2;/h2*13-16,33-35H,3-12,17-32,36-37H2,1-2H3,(H,45,46,47);/q;;+2/p-2/b2*15-13+,16-14+;. The Morgan fingerprint density at radius 2 is 0.455 bits per heavy atom. The van der Waals surface area contributed by atoms with Gasteiger partial charge in [0.2, 0.25) is 0 Å². The molecule has 2 aromatic rings. The quantitative estimate of drug-likeness (QED) is 0.0150. The summed E-state index contributed by atoms with van der Waals surface area (Å²) < 4.78 is 93.2. The van der Waals surface area contributed by atoms with E-state index in [0.29, 0.717) is 25.7 Å². The molecule has 2 rings (SSSR count). The van der Waals surface area contributed by atoms with Crippen molar-refractivity contribution in [2.45, 2.75) is 371 Å². The van der Waals surface area contributed by atoms with Gasteiger partial charge in [0.15, 0.2) is 0 Å². The first-order chi connectivity index (χ1) is 48.6. The van der Waals surface area contributed by atoms with E-state index in [4.69, 9.17) is 18.9 Å². The number of benzene rings is 2. The van der Waals surface area contributed by atoms with Gasteiger partial charge in [-0.2, -0.15) is 0 Å². The molecule has 0 N–H and O–H groups in total. The van der Waals surface area contributed by atoms with E-state index < -0.39 is 65.0 Å². The first-order valence-electron chi connectivity index (χ1n) is 40.1. The van der Waals surface area contributed by atoms with Gasteiger partial charge in [-0.1, -0.05) is 294 Å². The molecule has 2 aromatic carbocycles. The van der Waals surface area contributed by atoms with Crippen molar-refractivity contribution in [2.75, 3.05) is 26.4 Å². The van der Waals surface area contributed by atoms with Gasteiger partial charge in [0, 0.05) is 0 Å². The molecule has 0 radical (unpaired) electrons. The number of hydrogen-bond acceptors (Lipinski definition) is 14. The van der Waals surface area contributed by atoms with Crippen LogP contribution < -0.4 is 0 Å². The second kappa shape index (κ2) is 69.4. The minimum absolute atomic E-state index is 0. The summed E-state index contributed by atoms with van der Waals surface area (Å²) in [6.07, 6.45) is 77.8. The minimum Gasteiger partial charge on any atom is -0.744 e. The molecule has 0 aliphatic heterocycles. The van der Waals surface area contributed by atoms with Gasteiger partial charge in [-0.3, -0.25) is 0 Å². The second-order valence-corrected chi connectivity index (χ2v) is 29.8. The molecule has 0 heterocycles. The van der Waals surface area contributed by atoms with Crippen LogP contribution in [0.1, 0.15) is 403 Å². The van der Waals surface area contributed by atoms with Gasteiger partial charge in [0.25, 0.3) is 0 Å². The van der Waals surface area contributed by atoms with Crippen molar-refractivity contribution >= 4 is 81.9 Å². The van der Waals surface area contributed by atoms with Crippen LogP contribution in [-0.4, -0.2) is 114 Å². The maximum atomic E-state index is 13.0. The molecule has 0 fully saturated rings. The Morgan fingerprint density at radius 3 is 0.653 bits per heavy atom. The maximum Gasteiger partial charge on any atom is 2.00 e. The van der Waals surface area contributed by atoms with E-state index in [1.165, 1.54) is 230 Å². The van der Waals surface area contributed by atoms with E-state index in [9.17, 15) is 45.1 Å². The molecular weight excluding hydrogens is 1340 g/mol. The summed E-state index contributed by atoms with van der Waals surface area (Å²) in [4.78, 5) is 50.2. The van der Waals surface area contributed by atoms with Crippen LogP contribution in [0.2, 0.25) is 0 Å². The van der Waals surface area contributed by atoms with Crippen LogP contribution in [-0.2, 0) is 39.2 Å². The number of esters is 4. The van der Waals surface area contributed by atoms with E-state index in [0.717, 1.165) is 115 Å². The average Bonchev–Trinajstić information content (AvgIpc) is 0.800. The van der Waals surface area contributed by atoms with Gasteiger partial charge < -0.3 is 28.1 Å². The van der Waals surface area contributed by atoms with Crippen molar-refractivity contribution in [3.05, 3.63) is 107 Å². The topological polar surface area (TPSA) is 220 Å². The average molecular weight is 1480 g/mol. The monoisotopic (exact) mass is 1470 g/mol. The fourth-order valence-corrected chi connectivity index (χ4v) is 13.3. The third-order valence-electron chi connectivity index (χ3n) is 18.0. The number of rotatable bonds is 66. The Hall–Kier alpha value is -3.64. The van der Waals surface area contributed by atoms with Gasteiger partial charge in [0.05, 0.1) is 58.5 Å². The molecule has 0 aliphatic carbocycles. The fourth-order valence-electron chi connectivity index (χ4n) is 11.9. The molecule has 0 bridgehead atoms. The Balaban J connectivity index is 0.00000196. The number of ether oxygens (including phenoxy) is 4. The first kappa shape index (κ1) is 97.4. The zero-order valence-electron chi connectivity index (χ0n) is 63.9. The molecule has 101 heavy (non-hydrogen) atoms. The Kier molecular flexibility index (Phi) is 66.9. The van der Waals surface area contributed by atoms with Crippen LogP contribution in [0.3, 0.4) is 0 Å². The van der Waals surface area contributed by atoms with Crippen molar-refractivity contribution in [3.63, 3.8) is 0 Å².